The molecular formula is C15H24Cl2N2O. The highest BCUT2D eigenvalue weighted by atomic mass is 35.5. The van der Waals surface area contributed by atoms with Gasteiger partial charge in [-0.1, -0.05) is 11.6 Å². The average Bonchev–Trinajstić information content (AvgIpc) is 2.68. The van der Waals surface area contributed by atoms with Gasteiger partial charge in [0, 0.05) is 23.2 Å². The fourth-order valence-electron chi connectivity index (χ4n) is 2.71. The number of halogens is 2. The molecule has 5 heteroatoms. The lowest BCUT2D eigenvalue weighted by Gasteiger charge is -2.27. The van der Waals surface area contributed by atoms with E-state index < -0.39 is 0 Å². The molecule has 0 spiro atoms. The maximum atomic E-state index is 6.09. The highest BCUT2D eigenvalue weighted by Gasteiger charge is 2.18. The average molecular weight is 319 g/mol. The van der Waals surface area contributed by atoms with Gasteiger partial charge >= 0.3 is 0 Å². The van der Waals surface area contributed by atoms with Crippen LogP contribution in [0.4, 0.5) is 0 Å². The van der Waals surface area contributed by atoms with Gasteiger partial charge < -0.3 is 10.1 Å². The second-order valence-corrected chi connectivity index (χ2v) is 5.64. The Balaban J connectivity index is 0.00000200. The minimum absolute atomic E-state index is 0. The molecule has 1 heterocycles. The standard InChI is InChI=1S/C15H23ClN2O.ClH/c1-18(14-4-3-8-17-9-7-14)11-12-10-13(16)5-6-15(12)19-2;/h5-6,10,14,17H,3-4,7-9,11H2,1-2H3;1H. The summed E-state index contributed by atoms with van der Waals surface area (Å²) in [6.07, 6.45) is 3.72. The van der Waals surface area contributed by atoms with E-state index in [0.29, 0.717) is 6.04 Å². The molecule has 1 aromatic carbocycles. The molecule has 1 unspecified atom stereocenters. The number of ether oxygens (including phenoxy) is 1. The fourth-order valence-corrected chi connectivity index (χ4v) is 2.90. The lowest BCUT2D eigenvalue weighted by molar-refractivity contribution is 0.214. The van der Waals surface area contributed by atoms with Crippen LogP contribution in [0.5, 0.6) is 5.75 Å². The Labute approximate surface area is 133 Å². The van der Waals surface area contributed by atoms with Gasteiger partial charge in [0.1, 0.15) is 5.75 Å². The number of nitrogens with one attached hydrogen (secondary N) is 1. The van der Waals surface area contributed by atoms with Gasteiger partial charge in [-0.2, -0.15) is 0 Å². The number of methoxy groups -OCH3 is 1. The fraction of sp³-hybridized carbons (Fsp3) is 0.600. The lowest BCUT2D eigenvalue weighted by atomic mass is 10.1. The summed E-state index contributed by atoms with van der Waals surface area (Å²) in [5.41, 5.74) is 1.16. The van der Waals surface area contributed by atoms with E-state index in [1.165, 1.54) is 19.3 Å². The Kier molecular flexibility index (Phi) is 7.67. The monoisotopic (exact) mass is 318 g/mol. The smallest absolute Gasteiger partial charge is 0.123 e. The molecule has 0 amide bonds. The van der Waals surface area contributed by atoms with Crippen LogP contribution in [0.1, 0.15) is 24.8 Å². The molecule has 1 aromatic rings. The van der Waals surface area contributed by atoms with Crippen molar-refractivity contribution < 1.29 is 4.74 Å². The van der Waals surface area contributed by atoms with Crippen molar-refractivity contribution in [2.75, 3.05) is 27.2 Å². The zero-order chi connectivity index (χ0) is 13.7. The van der Waals surface area contributed by atoms with Gasteiger partial charge in [-0.3, -0.25) is 4.90 Å². The van der Waals surface area contributed by atoms with E-state index in [1.807, 2.05) is 18.2 Å². The highest BCUT2D eigenvalue weighted by molar-refractivity contribution is 6.30. The molecule has 1 N–H and O–H groups in total. The predicted octanol–water partition coefficient (Wildman–Crippen LogP) is 3.34. The van der Waals surface area contributed by atoms with Crippen molar-refractivity contribution in [3.8, 4) is 5.75 Å². The molecule has 0 radical (unpaired) electrons. The normalized spacial score (nSPS) is 19.3. The van der Waals surface area contributed by atoms with Crippen molar-refractivity contribution in [2.45, 2.75) is 31.8 Å². The summed E-state index contributed by atoms with van der Waals surface area (Å²) in [6, 6.07) is 6.46. The van der Waals surface area contributed by atoms with Crippen LogP contribution in [0.3, 0.4) is 0 Å². The second-order valence-electron chi connectivity index (χ2n) is 5.21. The van der Waals surface area contributed by atoms with E-state index in [-0.39, 0.29) is 12.4 Å². The second kappa shape index (κ2) is 8.73. The quantitative estimate of drug-likeness (QED) is 0.921. The van der Waals surface area contributed by atoms with Gasteiger partial charge in [-0.15, -0.1) is 12.4 Å². The van der Waals surface area contributed by atoms with Crippen LogP contribution < -0.4 is 10.1 Å². The van der Waals surface area contributed by atoms with E-state index in [9.17, 15) is 0 Å². The van der Waals surface area contributed by atoms with Crippen LogP contribution in [0.25, 0.3) is 0 Å². The first-order valence-electron chi connectivity index (χ1n) is 6.94. The summed E-state index contributed by atoms with van der Waals surface area (Å²) in [6.45, 7) is 3.14. The molecule has 0 aromatic heterocycles. The number of nitrogens with zero attached hydrogens (tertiary/aromatic N) is 1. The lowest BCUT2D eigenvalue weighted by Crippen LogP contribution is -2.32. The van der Waals surface area contributed by atoms with Crippen LogP contribution in [-0.4, -0.2) is 38.2 Å². The predicted molar refractivity (Wildman–Crippen MR) is 87.2 cm³/mol. The van der Waals surface area contributed by atoms with Crippen LogP contribution in [0, 0.1) is 0 Å². The molecule has 1 saturated heterocycles. The zero-order valence-corrected chi connectivity index (χ0v) is 13.8. The van der Waals surface area contributed by atoms with Gasteiger partial charge in [0.15, 0.2) is 0 Å². The van der Waals surface area contributed by atoms with Crippen molar-refractivity contribution in [3.05, 3.63) is 28.8 Å². The van der Waals surface area contributed by atoms with Crippen LogP contribution in [0.15, 0.2) is 18.2 Å². The minimum atomic E-state index is 0. The summed E-state index contributed by atoms with van der Waals surface area (Å²) in [5.74, 6) is 0.919. The summed E-state index contributed by atoms with van der Waals surface area (Å²) >= 11 is 6.09. The topological polar surface area (TPSA) is 24.5 Å². The van der Waals surface area contributed by atoms with E-state index in [0.717, 1.165) is 36.0 Å². The van der Waals surface area contributed by atoms with E-state index in [2.05, 4.69) is 17.3 Å². The van der Waals surface area contributed by atoms with Crippen molar-refractivity contribution in [2.24, 2.45) is 0 Å². The number of hydrogen-bond donors (Lipinski definition) is 1. The van der Waals surface area contributed by atoms with Gasteiger partial charge in [0.2, 0.25) is 0 Å². The van der Waals surface area contributed by atoms with Crippen molar-refractivity contribution in [1.82, 2.24) is 10.2 Å². The number of hydrogen-bond acceptors (Lipinski definition) is 3. The maximum Gasteiger partial charge on any atom is 0.123 e. The van der Waals surface area contributed by atoms with Gasteiger partial charge in [0.25, 0.3) is 0 Å². The molecule has 20 heavy (non-hydrogen) atoms. The Hall–Kier alpha value is -0.480. The van der Waals surface area contributed by atoms with Crippen molar-refractivity contribution >= 4 is 24.0 Å². The van der Waals surface area contributed by atoms with Crippen LogP contribution >= 0.6 is 24.0 Å². The number of benzene rings is 1. The van der Waals surface area contributed by atoms with Crippen molar-refractivity contribution in [1.29, 1.82) is 0 Å². The first kappa shape index (κ1) is 17.6. The molecule has 0 saturated carbocycles. The summed E-state index contributed by atoms with van der Waals surface area (Å²) < 4.78 is 5.42. The third-order valence-electron chi connectivity index (χ3n) is 3.83. The van der Waals surface area contributed by atoms with Gasteiger partial charge in [-0.25, -0.2) is 0 Å². The van der Waals surface area contributed by atoms with Crippen LogP contribution in [0.2, 0.25) is 5.02 Å². The first-order valence-corrected chi connectivity index (χ1v) is 7.32. The van der Waals surface area contributed by atoms with E-state index in [4.69, 9.17) is 16.3 Å². The molecular weight excluding hydrogens is 295 g/mol. The molecule has 2 rings (SSSR count). The first-order chi connectivity index (χ1) is 9.20. The minimum Gasteiger partial charge on any atom is -0.496 e. The molecule has 3 nitrogen and oxygen atoms in total. The Morgan fingerprint density at radius 2 is 2.15 bits per heavy atom. The van der Waals surface area contributed by atoms with E-state index in [1.54, 1.807) is 7.11 Å². The third kappa shape index (κ3) is 4.81. The highest BCUT2D eigenvalue weighted by Crippen LogP contribution is 2.25. The molecule has 1 aliphatic heterocycles. The third-order valence-corrected chi connectivity index (χ3v) is 4.07. The largest absolute Gasteiger partial charge is 0.496 e. The number of rotatable bonds is 4. The van der Waals surface area contributed by atoms with Crippen LogP contribution in [-0.2, 0) is 6.54 Å². The Morgan fingerprint density at radius 3 is 2.90 bits per heavy atom. The molecule has 0 bridgehead atoms. The van der Waals surface area contributed by atoms with E-state index >= 15 is 0 Å². The summed E-state index contributed by atoms with van der Waals surface area (Å²) in [5, 5.41) is 4.23. The Bertz CT molecular complexity index is 407. The summed E-state index contributed by atoms with van der Waals surface area (Å²) in [7, 11) is 3.90. The Morgan fingerprint density at radius 1 is 1.35 bits per heavy atom. The molecule has 1 fully saturated rings. The summed E-state index contributed by atoms with van der Waals surface area (Å²) in [4.78, 5) is 2.42. The van der Waals surface area contributed by atoms with Gasteiger partial charge in [0.05, 0.1) is 7.11 Å². The van der Waals surface area contributed by atoms with Gasteiger partial charge in [-0.05, 0) is 57.6 Å². The molecule has 1 atom stereocenters. The molecule has 0 aliphatic carbocycles. The SMILES string of the molecule is COc1ccc(Cl)cc1CN(C)C1CCCNCC1.Cl. The maximum absolute atomic E-state index is 6.09. The molecule has 1 aliphatic rings. The zero-order valence-electron chi connectivity index (χ0n) is 12.2. The van der Waals surface area contributed by atoms with Crippen molar-refractivity contribution in [3.63, 3.8) is 0 Å². The molecule has 114 valence electrons.